The van der Waals surface area contributed by atoms with E-state index in [2.05, 4.69) is 9.97 Å². The van der Waals surface area contributed by atoms with E-state index in [0.29, 0.717) is 31.5 Å². The Morgan fingerprint density at radius 1 is 1.25 bits per heavy atom. The number of ether oxygens (including phenoxy) is 1. The second-order valence-electron chi connectivity index (χ2n) is 6.59. The Kier molecular flexibility index (Phi) is 5.71. The van der Waals surface area contributed by atoms with Gasteiger partial charge in [-0.1, -0.05) is 0 Å². The summed E-state index contributed by atoms with van der Waals surface area (Å²) >= 11 is 0. The molecule has 9 heteroatoms. The molecule has 0 saturated carbocycles. The van der Waals surface area contributed by atoms with Gasteiger partial charge in [0.05, 0.1) is 12.7 Å². The van der Waals surface area contributed by atoms with Crippen LogP contribution in [0.4, 0.5) is 19.0 Å². The topological polar surface area (TPSA) is 58.6 Å². The number of carbonyl (C=O) groups is 1. The number of methoxy groups -OCH3 is 1. The summed E-state index contributed by atoms with van der Waals surface area (Å²) in [6.07, 6.45) is -0.281. The van der Waals surface area contributed by atoms with Gasteiger partial charge in [-0.15, -0.1) is 0 Å². The lowest BCUT2D eigenvalue weighted by Crippen LogP contribution is -2.49. The summed E-state index contributed by atoms with van der Waals surface area (Å²) in [6.45, 7) is 0.816. The van der Waals surface area contributed by atoms with Gasteiger partial charge >= 0.3 is 6.18 Å². The molecular weight excluding hydrogens is 373 g/mol. The van der Waals surface area contributed by atoms with Crippen molar-refractivity contribution in [2.75, 3.05) is 32.1 Å². The van der Waals surface area contributed by atoms with Gasteiger partial charge in [0.2, 0.25) is 5.88 Å². The highest BCUT2D eigenvalue weighted by Gasteiger charge is 2.37. The van der Waals surface area contributed by atoms with E-state index in [0.717, 1.165) is 6.07 Å². The Bertz CT molecular complexity index is 844. The van der Waals surface area contributed by atoms with Crippen molar-refractivity contribution in [2.45, 2.75) is 25.1 Å². The largest absolute Gasteiger partial charge is 0.480 e. The average molecular weight is 394 g/mol. The SMILES string of the molecule is COc1ncccc1C(=O)N1CCCC(N(C)c2ncccc2C(F)(F)F)C1. The number of alkyl halides is 3. The molecular formula is C19H21F3N4O2. The van der Waals surface area contributed by atoms with Gasteiger partial charge in [-0.2, -0.15) is 13.2 Å². The Labute approximate surface area is 160 Å². The van der Waals surface area contributed by atoms with Gasteiger partial charge in [0, 0.05) is 38.6 Å². The summed E-state index contributed by atoms with van der Waals surface area (Å²) in [4.78, 5) is 24.0. The molecule has 2 aromatic heterocycles. The fraction of sp³-hybridized carbons (Fsp3) is 0.421. The summed E-state index contributed by atoms with van der Waals surface area (Å²) in [5.74, 6) is -0.152. The van der Waals surface area contributed by atoms with Crippen LogP contribution in [0.3, 0.4) is 0 Å². The van der Waals surface area contributed by atoms with Crippen molar-refractivity contribution in [2.24, 2.45) is 0 Å². The maximum atomic E-state index is 13.3. The molecule has 28 heavy (non-hydrogen) atoms. The van der Waals surface area contributed by atoms with Crippen LogP contribution >= 0.6 is 0 Å². The lowest BCUT2D eigenvalue weighted by atomic mass is 10.0. The summed E-state index contributed by atoms with van der Waals surface area (Å²) in [5.41, 5.74) is -0.447. The van der Waals surface area contributed by atoms with Crippen molar-refractivity contribution >= 4 is 11.7 Å². The number of anilines is 1. The van der Waals surface area contributed by atoms with Gasteiger partial charge in [0.15, 0.2) is 0 Å². The fourth-order valence-electron chi connectivity index (χ4n) is 3.41. The molecule has 0 N–H and O–H groups in total. The summed E-state index contributed by atoms with van der Waals surface area (Å²) in [7, 11) is 3.02. The van der Waals surface area contributed by atoms with Gasteiger partial charge < -0.3 is 14.5 Å². The predicted octanol–water partition coefficient (Wildman–Crippen LogP) is 3.25. The standard InChI is InChI=1S/C19H21F3N4O2/c1-25(16-15(19(20,21)22)8-4-9-23-16)13-6-5-11-26(12-13)18(27)14-7-3-10-24-17(14)28-2/h3-4,7-10,13H,5-6,11-12H2,1-2H3. The van der Waals surface area contributed by atoms with E-state index in [9.17, 15) is 18.0 Å². The summed E-state index contributed by atoms with van der Waals surface area (Å²) in [6, 6.07) is 5.28. The van der Waals surface area contributed by atoms with Crippen LogP contribution in [0.1, 0.15) is 28.8 Å². The fourth-order valence-corrected chi connectivity index (χ4v) is 3.41. The Balaban J connectivity index is 1.81. The van der Waals surface area contributed by atoms with Crippen LogP contribution < -0.4 is 9.64 Å². The van der Waals surface area contributed by atoms with E-state index < -0.39 is 11.7 Å². The van der Waals surface area contributed by atoms with Gasteiger partial charge in [0.25, 0.3) is 5.91 Å². The van der Waals surface area contributed by atoms with Crippen molar-refractivity contribution in [3.8, 4) is 5.88 Å². The van der Waals surface area contributed by atoms with E-state index in [4.69, 9.17) is 4.74 Å². The molecule has 6 nitrogen and oxygen atoms in total. The zero-order chi connectivity index (χ0) is 20.3. The minimum atomic E-state index is -4.49. The molecule has 1 amide bonds. The van der Waals surface area contributed by atoms with Gasteiger partial charge in [-0.25, -0.2) is 9.97 Å². The number of hydrogen-bond donors (Lipinski definition) is 0. The van der Waals surface area contributed by atoms with E-state index in [1.807, 2.05) is 0 Å². The van der Waals surface area contributed by atoms with Gasteiger partial charge in [-0.3, -0.25) is 4.79 Å². The maximum absolute atomic E-state index is 13.3. The number of nitrogens with zero attached hydrogens (tertiary/aromatic N) is 4. The Morgan fingerprint density at radius 2 is 1.96 bits per heavy atom. The number of halogens is 3. The molecule has 1 aliphatic rings. The van der Waals surface area contributed by atoms with E-state index >= 15 is 0 Å². The lowest BCUT2D eigenvalue weighted by molar-refractivity contribution is -0.137. The first kappa shape index (κ1) is 19.9. The van der Waals surface area contributed by atoms with Crippen LogP contribution in [0.5, 0.6) is 5.88 Å². The number of likely N-dealkylation sites (N-methyl/N-ethyl adjacent to an activating group) is 1. The van der Waals surface area contributed by atoms with Crippen LogP contribution in [-0.2, 0) is 6.18 Å². The molecule has 0 spiro atoms. The lowest BCUT2D eigenvalue weighted by Gasteiger charge is -2.38. The Morgan fingerprint density at radius 3 is 2.68 bits per heavy atom. The number of likely N-dealkylation sites (tertiary alicyclic amines) is 1. The van der Waals surface area contributed by atoms with E-state index in [-0.39, 0.29) is 23.6 Å². The van der Waals surface area contributed by atoms with Crippen LogP contribution in [0, 0.1) is 0 Å². The van der Waals surface area contributed by atoms with Gasteiger partial charge in [-0.05, 0) is 37.1 Å². The van der Waals surface area contributed by atoms with Crippen LogP contribution in [0.2, 0.25) is 0 Å². The highest BCUT2D eigenvalue weighted by molar-refractivity contribution is 5.96. The zero-order valence-electron chi connectivity index (χ0n) is 15.6. The second kappa shape index (κ2) is 8.04. The van der Waals surface area contributed by atoms with E-state index in [1.54, 1.807) is 24.1 Å². The third kappa shape index (κ3) is 4.02. The van der Waals surface area contributed by atoms with Crippen LogP contribution in [-0.4, -0.2) is 54.1 Å². The minimum Gasteiger partial charge on any atom is -0.480 e. The summed E-state index contributed by atoms with van der Waals surface area (Å²) < 4.78 is 45.2. The molecule has 0 radical (unpaired) electrons. The molecule has 0 bridgehead atoms. The van der Waals surface area contributed by atoms with Crippen molar-refractivity contribution in [3.05, 3.63) is 47.8 Å². The van der Waals surface area contributed by atoms with Crippen molar-refractivity contribution in [1.29, 1.82) is 0 Å². The monoisotopic (exact) mass is 394 g/mol. The zero-order valence-corrected chi connectivity index (χ0v) is 15.6. The molecule has 1 fully saturated rings. The number of amides is 1. The molecule has 2 aromatic rings. The van der Waals surface area contributed by atoms with Crippen molar-refractivity contribution in [3.63, 3.8) is 0 Å². The molecule has 0 aromatic carbocycles. The average Bonchev–Trinajstić information content (AvgIpc) is 2.72. The second-order valence-corrected chi connectivity index (χ2v) is 6.59. The van der Waals surface area contributed by atoms with Crippen molar-refractivity contribution in [1.82, 2.24) is 14.9 Å². The highest BCUT2D eigenvalue weighted by atomic mass is 19.4. The van der Waals surface area contributed by atoms with Crippen LogP contribution in [0.15, 0.2) is 36.7 Å². The number of hydrogen-bond acceptors (Lipinski definition) is 5. The quantitative estimate of drug-likeness (QED) is 0.797. The Hall–Kier alpha value is -2.84. The minimum absolute atomic E-state index is 0.131. The first-order valence-electron chi connectivity index (χ1n) is 8.86. The van der Waals surface area contributed by atoms with Crippen molar-refractivity contribution < 1.29 is 22.7 Å². The molecule has 1 unspecified atom stereocenters. The van der Waals surface area contributed by atoms with Crippen LogP contribution in [0.25, 0.3) is 0 Å². The predicted molar refractivity (Wildman–Crippen MR) is 97.4 cm³/mol. The molecule has 150 valence electrons. The number of pyridine rings is 2. The first-order valence-corrected chi connectivity index (χ1v) is 8.86. The number of carbonyl (C=O) groups excluding carboxylic acids is 1. The van der Waals surface area contributed by atoms with E-state index in [1.165, 1.54) is 30.5 Å². The molecule has 1 aliphatic heterocycles. The highest BCUT2D eigenvalue weighted by Crippen LogP contribution is 2.36. The number of rotatable bonds is 4. The molecule has 3 rings (SSSR count). The third-order valence-electron chi connectivity index (χ3n) is 4.85. The molecule has 0 aliphatic carbocycles. The molecule has 1 saturated heterocycles. The maximum Gasteiger partial charge on any atom is 0.419 e. The normalized spacial score (nSPS) is 17.3. The number of aromatic nitrogens is 2. The molecule has 3 heterocycles. The van der Waals surface area contributed by atoms with Gasteiger partial charge in [0.1, 0.15) is 11.4 Å². The smallest absolute Gasteiger partial charge is 0.419 e. The molecule has 1 atom stereocenters. The number of piperidine rings is 1. The first-order chi connectivity index (χ1) is 13.3. The third-order valence-corrected chi connectivity index (χ3v) is 4.85. The summed E-state index contributed by atoms with van der Waals surface area (Å²) in [5, 5.41) is 0.